The number of benzene rings is 1. The number of aryl methyl sites for hydroxylation is 3. The molecule has 6 heteroatoms. The molecule has 1 fully saturated rings. The zero-order chi connectivity index (χ0) is 18.5. The molecule has 2 heterocycles. The van der Waals surface area contributed by atoms with Crippen molar-refractivity contribution in [1.82, 2.24) is 15.4 Å². The zero-order valence-corrected chi connectivity index (χ0v) is 16.6. The maximum absolute atomic E-state index is 12.8. The average molecular weight is 374 g/mol. The van der Waals surface area contributed by atoms with Gasteiger partial charge in [-0.2, -0.15) is 0 Å². The van der Waals surface area contributed by atoms with Crippen LogP contribution in [-0.2, 0) is 17.0 Å². The molecule has 1 aromatic carbocycles. The van der Waals surface area contributed by atoms with Gasteiger partial charge in [-0.05, 0) is 31.4 Å². The first-order valence-electron chi connectivity index (χ1n) is 9.18. The van der Waals surface area contributed by atoms with Gasteiger partial charge in [0.25, 0.3) is 0 Å². The van der Waals surface area contributed by atoms with E-state index in [2.05, 4.69) is 41.7 Å². The van der Waals surface area contributed by atoms with Crippen molar-refractivity contribution >= 4 is 17.7 Å². The van der Waals surface area contributed by atoms with Crippen molar-refractivity contribution in [2.45, 2.75) is 39.0 Å². The molecule has 1 saturated heterocycles. The second kappa shape index (κ2) is 8.73. The molecule has 0 bridgehead atoms. The molecule has 1 atom stereocenters. The first-order valence-corrected chi connectivity index (χ1v) is 10.3. The normalized spacial score (nSPS) is 17.5. The van der Waals surface area contributed by atoms with E-state index in [-0.39, 0.29) is 11.9 Å². The van der Waals surface area contributed by atoms with Gasteiger partial charge in [-0.3, -0.25) is 4.79 Å². The fourth-order valence-corrected chi connectivity index (χ4v) is 4.37. The molecule has 1 aromatic heterocycles. The number of carbonyl (C=O) groups excluding carboxylic acids is 1. The standard InChI is InChI=1S/C20H27N3O2S/c1-4-16-5-7-17(8-6-16)19-11-21-9-10-23(19)20(24)13-26-12-18-14(2)22-25-15(18)3/h5-8,19,21H,4,9-13H2,1-3H3. The summed E-state index contributed by atoms with van der Waals surface area (Å²) in [5.41, 5.74) is 4.55. The number of carbonyl (C=O) groups is 1. The lowest BCUT2D eigenvalue weighted by molar-refractivity contribution is -0.131. The molecular formula is C20H27N3O2S. The predicted molar refractivity (Wildman–Crippen MR) is 105 cm³/mol. The van der Waals surface area contributed by atoms with Crippen LogP contribution in [0.15, 0.2) is 28.8 Å². The van der Waals surface area contributed by atoms with Crippen molar-refractivity contribution in [1.29, 1.82) is 0 Å². The fraction of sp³-hybridized carbons (Fsp3) is 0.500. The van der Waals surface area contributed by atoms with E-state index in [0.29, 0.717) is 5.75 Å². The zero-order valence-electron chi connectivity index (χ0n) is 15.7. The van der Waals surface area contributed by atoms with E-state index in [4.69, 9.17) is 4.52 Å². The Morgan fingerprint density at radius 1 is 1.35 bits per heavy atom. The van der Waals surface area contributed by atoms with Gasteiger partial charge in [0.2, 0.25) is 5.91 Å². The van der Waals surface area contributed by atoms with Crippen LogP contribution in [0.4, 0.5) is 0 Å². The Labute approximate surface area is 159 Å². The van der Waals surface area contributed by atoms with Gasteiger partial charge in [0.1, 0.15) is 5.76 Å². The van der Waals surface area contributed by atoms with Crippen molar-refractivity contribution < 1.29 is 9.32 Å². The lowest BCUT2D eigenvalue weighted by Gasteiger charge is -2.36. The summed E-state index contributed by atoms with van der Waals surface area (Å²) < 4.78 is 5.20. The molecule has 1 aliphatic heterocycles. The number of hydrogen-bond acceptors (Lipinski definition) is 5. The van der Waals surface area contributed by atoms with Crippen LogP contribution in [0.1, 0.15) is 41.1 Å². The number of nitrogens with one attached hydrogen (secondary N) is 1. The van der Waals surface area contributed by atoms with Crippen LogP contribution in [0.5, 0.6) is 0 Å². The SMILES string of the molecule is CCc1ccc(C2CNCCN2C(=O)CSCc2c(C)noc2C)cc1. The van der Waals surface area contributed by atoms with Crippen molar-refractivity contribution in [3.63, 3.8) is 0 Å². The van der Waals surface area contributed by atoms with Gasteiger partial charge < -0.3 is 14.7 Å². The Balaban J connectivity index is 1.62. The highest BCUT2D eigenvalue weighted by molar-refractivity contribution is 7.99. The summed E-state index contributed by atoms with van der Waals surface area (Å²) in [4.78, 5) is 14.9. The number of nitrogens with zero attached hydrogens (tertiary/aromatic N) is 2. The highest BCUT2D eigenvalue weighted by Crippen LogP contribution is 2.25. The summed E-state index contributed by atoms with van der Waals surface area (Å²) in [6, 6.07) is 8.76. The summed E-state index contributed by atoms with van der Waals surface area (Å²) in [5.74, 6) is 2.29. The maximum Gasteiger partial charge on any atom is 0.233 e. The lowest BCUT2D eigenvalue weighted by atomic mass is 10.0. The van der Waals surface area contributed by atoms with E-state index in [1.807, 2.05) is 18.7 Å². The first kappa shape index (κ1) is 19.0. The van der Waals surface area contributed by atoms with E-state index in [0.717, 1.165) is 48.8 Å². The number of thioether (sulfide) groups is 1. The molecule has 0 spiro atoms. The third kappa shape index (κ3) is 4.30. The number of aromatic nitrogens is 1. The van der Waals surface area contributed by atoms with E-state index < -0.39 is 0 Å². The summed E-state index contributed by atoms with van der Waals surface area (Å²) in [6.07, 6.45) is 1.03. The van der Waals surface area contributed by atoms with E-state index in [1.165, 1.54) is 11.1 Å². The number of hydrogen-bond donors (Lipinski definition) is 1. The number of piperazine rings is 1. The molecule has 1 N–H and O–H groups in total. The Hall–Kier alpha value is -1.79. The van der Waals surface area contributed by atoms with Gasteiger partial charge in [0.05, 0.1) is 17.5 Å². The van der Waals surface area contributed by atoms with Gasteiger partial charge in [0.15, 0.2) is 0 Å². The third-order valence-electron chi connectivity index (χ3n) is 4.99. The maximum atomic E-state index is 12.8. The number of rotatable bonds is 6. The highest BCUT2D eigenvalue weighted by Gasteiger charge is 2.27. The average Bonchev–Trinajstić information content (AvgIpc) is 3.00. The van der Waals surface area contributed by atoms with Gasteiger partial charge in [-0.1, -0.05) is 36.3 Å². The van der Waals surface area contributed by atoms with Crippen molar-refractivity contribution in [3.05, 3.63) is 52.4 Å². The quantitative estimate of drug-likeness (QED) is 0.842. The second-order valence-electron chi connectivity index (χ2n) is 6.70. The Morgan fingerprint density at radius 3 is 2.77 bits per heavy atom. The monoisotopic (exact) mass is 373 g/mol. The molecule has 3 rings (SSSR count). The number of amides is 1. The second-order valence-corrected chi connectivity index (χ2v) is 7.68. The largest absolute Gasteiger partial charge is 0.361 e. The topological polar surface area (TPSA) is 58.4 Å². The Morgan fingerprint density at radius 2 is 2.12 bits per heavy atom. The van der Waals surface area contributed by atoms with Crippen LogP contribution >= 0.6 is 11.8 Å². The molecule has 1 unspecified atom stereocenters. The van der Waals surface area contributed by atoms with Crippen LogP contribution < -0.4 is 5.32 Å². The fourth-order valence-electron chi connectivity index (χ4n) is 3.31. The van der Waals surface area contributed by atoms with Crippen LogP contribution in [-0.4, -0.2) is 41.4 Å². The van der Waals surface area contributed by atoms with Crippen molar-refractivity contribution in [3.8, 4) is 0 Å². The molecule has 140 valence electrons. The minimum Gasteiger partial charge on any atom is -0.361 e. The van der Waals surface area contributed by atoms with Gasteiger partial charge in [-0.15, -0.1) is 11.8 Å². The van der Waals surface area contributed by atoms with Gasteiger partial charge in [0, 0.05) is 31.0 Å². The summed E-state index contributed by atoms with van der Waals surface area (Å²) in [7, 11) is 0. The molecule has 1 aliphatic rings. The Kier molecular flexibility index (Phi) is 6.38. The summed E-state index contributed by atoms with van der Waals surface area (Å²) in [5, 5.41) is 7.40. The van der Waals surface area contributed by atoms with Crippen LogP contribution in [0.2, 0.25) is 0 Å². The van der Waals surface area contributed by atoms with E-state index >= 15 is 0 Å². The summed E-state index contributed by atoms with van der Waals surface area (Å²) >= 11 is 1.63. The smallest absolute Gasteiger partial charge is 0.233 e. The molecule has 1 amide bonds. The first-order chi connectivity index (χ1) is 12.6. The van der Waals surface area contributed by atoms with Gasteiger partial charge >= 0.3 is 0 Å². The van der Waals surface area contributed by atoms with Crippen LogP contribution in [0, 0.1) is 13.8 Å². The Bertz CT molecular complexity index is 723. The van der Waals surface area contributed by atoms with Crippen molar-refractivity contribution in [2.24, 2.45) is 0 Å². The summed E-state index contributed by atoms with van der Waals surface area (Å²) in [6.45, 7) is 8.44. The molecule has 0 radical (unpaired) electrons. The highest BCUT2D eigenvalue weighted by atomic mass is 32.2. The minimum absolute atomic E-state index is 0.113. The third-order valence-corrected chi connectivity index (χ3v) is 5.93. The van der Waals surface area contributed by atoms with E-state index in [9.17, 15) is 4.79 Å². The molecule has 0 aliphatic carbocycles. The minimum atomic E-state index is 0.113. The van der Waals surface area contributed by atoms with Gasteiger partial charge in [-0.25, -0.2) is 0 Å². The lowest BCUT2D eigenvalue weighted by Crippen LogP contribution is -2.49. The molecular weight excluding hydrogens is 346 g/mol. The molecule has 26 heavy (non-hydrogen) atoms. The molecule has 5 nitrogen and oxygen atoms in total. The predicted octanol–water partition coefficient (Wildman–Crippen LogP) is 3.26. The molecule has 0 saturated carbocycles. The molecule has 2 aromatic rings. The van der Waals surface area contributed by atoms with Crippen LogP contribution in [0.25, 0.3) is 0 Å². The van der Waals surface area contributed by atoms with Crippen molar-refractivity contribution in [2.75, 3.05) is 25.4 Å². The van der Waals surface area contributed by atoms with E-state index in [1.54, 1.807) is 11.8 Å². The van der Waals surface area contributed by atoms with Crippen LogP contribution in [0.3, 0.4) is 0 Å².